The molecule has 1 atom stereocenters. The Balaban J connectivity index is 1.81. The van der Waals surface area contributed by atoms with E-state index in [0.717, 1.165) is 17.9 Å². The second-order valence-corrected chi connectivity index (χ2v) is 5.76. The van der Waals surface area contributed by atoms with Crippen LogP contribution in [-0.4, -0.2) is 39.3 Å². The topological polar surface area (TPSA) is 34.0 Å². The second kappa shape index (κ2) is 5.75. The number of hydrogen-bond donors (Lipinski definition) is 0. The molecule has 1 aromatic carbocycles. The van der Waals surface area contributed by atoms with E-state index in [2.05, 4.69) is 53.2 Å². The molecule has 106 valence electrons. The van der Waals surface area contributed by atoms with Crippen molar-refractivity contribution in [1.82, 2.24) is 19.7 Å². The quantitative estimate of drug-likeness (QED) is 0.859. The molecule has 3 rings (SSSR count). The van der Waals surface area contributed by atoms with Crippen molar-refractivity contribution in [2.75, 3.05) is 13.6 Å². The summed E-state index contributed by atoms with van der Waals surface area (Å²) in [6.07, 6.45) is 6.55. The Morgan fingerprint density at radius 2 is 2.00 bits per heavy atom. The minimum Gasteiger partial charge on any atom is -0.303 e. The smallest absolute Gasteiger partial charge is 0.138 e. The lowest BCUT2D eigenvalue weighted by atomic mass is 10.00. The fourth-order valence-corrected chi connectivity index (χ4v) is 2.92. The first kappa shape index (κ1) is 13.3. The number of aromatic nitrogens is 3. The van der Waals surface area contributed by atoms with E-state index >= 15 is 0 Å². The van der Waals surface area contributed by atoms with E-state index in [4.69, 9.17) is 0 Å². The number of likely N-dealkylation sites (tertiary alicyclic amines) is 1. The first-order chi connectivity index (χ1) is 9.74. The molecule has 0 amide bonds. The predicted molar refractivity (Wildman–Crippen MR) is 80.1 cm³/mol. The molecular formula is C16H22N4. The number of hydrogen-bond acceptors (Lipinski definition) is 3. The van der Waals surface area contributed by atoms with Gasteiger partial charge in [0, 0.05) is 12.5 Å². The van der Waals surface area contributed by atoms with Gasteiger partial charge in [-0.1, -0.05) is 24.1 Å². The maximum atomic E-state index is 4.47. The second-order valence-electron chi connectivity index (χ2n) is 5.76. The van der Waals surface area contributed by atoms with Crippen LogP contribution in [0.1, 0.15) is 30.7 Å². The van der Waals surface area contributed by atoms with Crippen molar-refractivity contribution in [3.05, 3.63) is 42.0 Å². The third kappa shape index (κ3) is 2.75. The highest BCUT2D eigenvalue weighted by molar-refractivity contribution is 5.34. The highest BCUT2D eigenvalue weighted by atomic mass is 15.3. The zero-order valence-corrected chi connectivity index (χ0v) is 12.3. The van der Waals surface area contributed by atoms with E-state index in [9.17, 15) is 0 Å². The maximum absolute atomic E-state index is 4.47. The van der Waals surface area contributed by atoms with Gasteiger partial charge in [-0.25, -0.2) is 9.67 Å². The zero-order chi connectivity index (χ0) is 13.9. The van der Waals surface area contributed by atoms with Crippen molar-refractivity contribution in [2.45, 2.75) is 38.6 Å². The van der Waals surface area contributed by atoms with Gasteiger partial charge in [0.25, 0.3) is 0 Å². The highest BCUT2D eigenvalue weighted by Crippen LogP contribution is 2.19. The molecular weight excluding hydrogens is 248 g/mol. The standard InChI is InChI=1S/C16H22N4/c1-13-6-8-14(9-7-13)20-16(17-12-18-20)11-15-5-3-4-10-19(15)2/h6-9,12,15H,3-5,10-11H2,1-2H3/t15-/m1/s1. The molecule has 0 radical (unpaired) electrons. The van der Waals surface area contributed by atoms with Gasteiger partial charge in [0.15, 0.2) is 0 Å². The van der Waals surface area contributed by atoms with Crippen LogP contribution < -0.4 is 0 Å². The molecule has 1 aromatic heterocycles. The Morgan fingerprint density at radius 1 is 1.20 bits per heavy atom. The minimum absolute atomic E-state index is 0.595. The van der Waals surface area contributed by atoms with E-state index in [-0.39, 0.29) is 0 Å². The van der Waals surface area contributed by atoms with Crippen LogP contribution in [0.25, 0.3) is 5.69 Å². The summed E-state index contributed by atoms with van der Waals surface area (Å²) in [6, 6.07) is 9.05. The number of nitrogens with zero attached hydrogens (tertiary/aromatic N) is 4. The SMILES string of the molecule is Cc1ccc(-n2ncnc2C[C@H]2CCCCN2C)cc1. The largest absolute Gasteiger partial charge is 0.303 e. The van der Waals surface area contributed by atoms with Gasteiger partial charge in [-0.05, 0) is 45.5 Å². The molecule has 20 heavy (non-hydrogen) atoms. The van der Waals surface area contributed by atoms with Crippen LogP contribution in [0.4, 0.5) is 0 Å². The number of rotatable bonds is 3. The summed E-state index contributed by atoms with van der Waals surface area (Å²) in [5.41, 5.74) is 2.36. The molecule has 1 aliphatic heterocycles. The third-order valence-corrected chi connectivity index (χ3v) is 4.24. The summed E-state index contributed by atoms with van der Waals surface area (Å²) in [5.74, 6) is 1.06. The zero-order valence-electron chi connectivity index (χ0n) is 12.3. The fourth-order valence-electron chi connectivity index (χ4n) is 2.92. The van der Waals surface area contributed by atoms with Gasteiger partial charge >= 0.3 is 0 Å². The van der Waals surface area contributed by atoms with Gasteiger partial charge < -0.3 is 4.90 Å². The third-order valence-electron chi connectivity index (χ3n) is 4.24. The average molecular weight is 270 g/mol. The summed E-state index contributed by atoms with van der Waals surface area (Å²) in [7, 11) is 2.22. The van der Waals surface area contributed by atoms with Gasteiger partial charge in [-0.15, -0.1) is 0 Å². The van der Waals surface area contributed by atoms with Crippen molar-refractivity contribution in [3.63, 3.8) is 0 Å². The van der Waals surface area contributed by atoms with Gasteiger partial charge in [0.2, 0.25) is 0 Å². The molecule has 0 N–H and O–H groups in total. The van der Waals surface area contributed by atoms with Crippen LogP contribution in [0.3, 0.4) is 0 Å². The van der Waals surface area contributed by atoms with E-state index in [1.807, 2.05) is 4.68 Å². The monoisotopic (exact) mass is 270 g/mol. The highest BCUT2D eigenvalue weighted by Gasteiger charge is 2.21. The normalized spacial score (nSPS) is 20.2. The van der Waals surface area contributed by atoms with Crippen LogP contribution in [-0.2, 0) is 6.42 Å². The Labute approximate surface area is 120 Å². The Hall–Kier alpha value is -1.68. The molecule has 4 heteroatoms. The van der Waals surface area contributed by atoms with Crippen molar-refractivity contribution >= 4 is 0 Å². The van der Waals surface area contributed by atoms with E-state index in [1.54, 1.807) is 6.33 Å². The molecule has 0 bridgehead atoms. The molecule has 4 nitrogen and oxygen atoms in total. The van der Waals surface area contributed by atoms with Crippen molar-refractivity contribution < 1.29 is 0 Å². The maximum Gasteiger partial charge on any atom is 0.138 e. The van der Waals surface area contributed by atoms with Crippen LogP contribution in [0.15, 0.2) is 30.6 Å². The fraction of sp³-hybridized carbons (Fsp3) is 0.500. The number of benzene rings is 1. The molecule has 2 heterocycles. The average Bonchev–Trinajstić information content (AvgIpc) is 2.90. The predicted octanol–water partition coefficient (Wildman–Crippen LogP) is 2.60. The molecule has 0 aliphatic carbocycles. The Kier molecular flexibility index (Phi) is 3.83. The first-order valence-electron chi connectivity index (χ1n) is 7.40. The van der Waals surface area contributed by atoms with Crippen molar-refractivity contribution in [1.29, 1.82) is 0 Å². The number of likely N-dealkylation sites (N-methyl/N-ethyl adjacent to an activating group) is 1. The van der Waals surface area contributed by atoms with Crippen LogP contribution in [0.2, 0.25) is 0 Å². The molecule has 2 aromatic rings. The molecule has 1 saturated heterocycles. The lowest BCUT2D eigenvalue weighted by Crippen LogP contribution is -2.38. The summed E-state index contributed by atoms with van der Waals surface area (Å²) < 4.78 is 1.97. The molecule has 0 saturated carbocycles. The van der Waals surface area contributed by atoms with Gasteiger partial charge in [0.05, 0.1) is 5.69 Å². The number of aryl methyl sites for hydroxylation is 1. The molecule has 1 fully saturated rings. The van der Waals surface area contributed by atoms with Crippen molar-refractivity contribution in [3.8, 4) is 5.69 Å². The summed E-state index contributed by atoms with van der Waals surface area (Å²) >= 11 is 0. The molecule has 1 aliphatic rings. The summed E-state index contributed by atoms with van der Waals surface area (Å²) in [5, 5.41) is 4.39. The van der Waals surface area contributed by atoms with Crippen molar-refractivity contribution in [2.24, 2.45) is 0 Å². The lowest BCUT2D eigenvalue weighted by molar-refractivity contribution is 0.182. The summed E-state index contributed by atoms with van der Waals surface area (Å²) in [6.45, 7) is 3.30. The molecule has 0 spiro atoms. The summed E-state index contributed by atoms with van der Waals surface area (Å²) in [4.78, 5) is 6.92. The Morgan fingerprint density at radius 3 is 2.75 bits per heavy atom. The van der Waals surface area contributed by atoms with Crippen LogP contribution >= 0.6 is 0 Å². The Bertz CT molecular complexity index is 558. The first-order valence-corrected chi connectivity index (χ1v) is 7.40. The van der Waals surface area contributed by atoms with Gasteiger partial charge in [0.1, 0.15) is 12.2 Å². The van der Waals surface area contributed by atoms with E-state index < -0.39 is 0 Å². The van der Waals surface area contributed by atoms with Gasteiger partial charge in [-0.2, -0.15) is 5.10 Å². The van der Waals surface area contributed by atoms with E-state index in [1.165, 1.54) is 31.4 Å². The van der Waals surface area contributed by atoms with Crippen LogP contribution in [0.5, 0.6) is 0 Å². The van der Waals surface area contributed by atoms with Crippen LogP contribution in [0, 0.1) is 6.92 Å². The molecule has 0 unspecified atom stereocenters. The van der Waals surface area contributed by atoms with E-state index in [0.29, 0.717) is 6.04 Å². The minimum atomic E-state index is 0.595. The van der Waals surface area contributed by atoms with Gasteiger partial charge in [-0.3, -0.25) is 0 Å². The lowest BCUT2D eigenvalue weighted by Gasteiger charge is -2.32. The number of piperidine rings is 1.